The Balaban J connectivity index is 1.70. The molecule has 0 aliphatic heterocycles. The zero-order valence-corrected chi connectivity index (χ0v) is 17.5. The lowest BCUT2D eigenvalue weighted by molar-refractivity contribution is 0.0526. The van der Waals surface area contributed by atoms with Crippen molar-refractivity contribution >= 4 is 33.6 Å². The number of carbonyl (C=O) groups is 1. The van der Waals surface area contributed by atoms with Gasteiger partial charge in [0.1, 0.15) is 5.52 Å². The van der Waals surface area contributed by atoms with Crippen molar-refractivity contribution in [2.24, 2.45) is 0 Å². The molecular weight excluding hydrogens is 374 g/mol. The van der Waals surface area contributed by atoms with E-state index in [0.29, 0.717) is 18.0 Å². The number of ether oxygens (including phenoxy) is 1. The van der Waals surface area contributed by atoms with Crippen LogP contribution in [0, 0.1) is 13.8 Å². The van der Waals surface area contributed by atoms with Crippen molar-refractivity contribution in [3.05, 3.63) is 76.5 Å². The number of nitrogens with two attached hydrogens (primary N) is 1. The second-order valence-corrected chi connectivity index (χ2v) is 7.57. The predicted octanol–water partition coefficient (Wildman–Crippen LogP) is 4.94. The van der Waals surface area contributed by atoms with Gasteiger partial charge in [0.15, 0.2) is 5.82 Å². The number of nitrogen functional groups attached to an aromatic ring is 1. The fraction of sp³-hybridized carbons (Fsp3) is 0.240. The van der Waals surface area contributed by atoms with Crippen LogP contribution in [-0.4, -0.2) is 22.5 Å². The monoisotopic (exact) mass is 399 g/mol. The van der Waals surface area contributed by atoms with E-state index in [9.17, 15) is 4.79 Å². The van der Waals surface area contributed by atoms with E-state index in [1.807, 2.05) is 39.0 Å². The summed E-state index contributed by atoms with van der Waals surface area (Å²) in [5.74, 6) is 0.178. The van der Waals surface area contributed by atoms with Crippen molar-refractivity contribution in [1.29, 1.82) is 0 Å². The number of pyridine rings is 2. The van der Waals surface area contributed by atoms with Gasteiger partial charge in [-0.1, -0.05) is 18.2 Å². The van der Waals surface area contributed by atoms with Crippen LogP contribution in [0.15, 0.2) is 48.7 Å². The number of esters is 1. The minimum atomic E-state index is -0.281. The Labute approximate surface area is 175 Å². The Morgan fingerprint density at radius 3 is 2.60 bits per heavy atom. The average molecular weight is 399 g/mol. The molecule has 2 N–H and O–H groups in total. The van der Waals surface area contributed by atoms with Crippen LogP contribution in [0.3, 0.4) is 0 Å². The van der Waals surface area contributed by atoms with E-state index in [4.69, 9.17) is 10.5 Å². The third kappa shape index (κ3) is 3.71. The number of aryl methyl sites for hydroxylation is 4. The van der Waals surface area contributed by atoms with Gasteiger partial charge in [-0.3, -0.25) is 4.98 Å². The fourth-order valence-electron chi connectivity index (χ4n) is 3.92. The quantitative estimate of drug-likeness (QED) is 0.380. The smallest absolute Gasteiger partial charge is 0.338 e. The highest BCUT2D eigenvalue weighted by molar-refractivity contribution is 6.09. The minimum absolute atomic E-state index is 0.281. The zero-order valence-electron chi connectivity index (χ0n) is 17.5. The van der Waals surface area contributed by atoms with Crippen LogP contribution in [0.25, 0.3) is 21.8 Å². The Kier molecular flexibility index (Phi) is 5.36. The largest absolute Gasteiger partial charge is 0.462 e. The van der Waals surface area contributed by atoms with Crippen molar-refractivity contribution in [2.45, 2.75) is 33.6 Å². The summed E-state index contributed by atoms with van der Waals surface area (Å²) in [6.45, 7) is 6.27. The number of rotatable bonds is 5. The maximum absolute atomic E-state index is 12.0. The summed E-state index contributed by atoms with van der Waals surface area (Å²) in [7, 11) is 0. The Bertz CT molecular complexity index is 1260. The van der Waals surface area contributed by atoms with Gasteiger partial charge in [-0.05, 0) is 80.1 Å². The van der Waals surface area contributed by atoms with E-state index in [1.165, 1.54) is 11.1 Å². The van der Waals surface area contributed by atoms with Crippen LogP contribution in [0.5, 0.6) is 0 Å². The predicted molar refractivity (Wildman–Crippen MR) is 121 cm³/mol. The number of nitrogens with zero attached hydrogens (tertiary/aromatic N) is 2. The minimum Gasteiger partial charge on any atom is -0.462 e. The summed E-state index contributed by atoms with van der Waals surface area (Å²) in [6.07, 6.45) is 3.49. The Morgan fingerprint density at radius 1 is 1.03 bits per heavy atom. The number of hydrogen-bond acceptors (Lipinski definition) is 5. The van der Waals surface area contributed by atoms with Crippen molar-refractivity contribution < 1.29 is 9.53 Å². The summed E-state index contributed by atoms with van der Waals surface area (Å²) in [4.78, 5) is 21.0. The Morgan fingerprint density at radius 2 is 1.83 bits per heavy atom. The highest BCUT2D eigenvalue weighted by atomic mass is 16.5. The second-order valence-electron chi connectivity index (χ2n) is 7.57. The van der Waals surface area contributed by atoms with Crippen LogP contribution >= 0.6 is 0 Å². The SMILES string of the molecule is CCOC(=O)c1ccc(CCc2ccnc3c(N)nc4cc(C)ccc4c23)c(C)c1. The normalized spacial score (nSPS) is 11.2. The lowest BCUT2D eigenvalue weighted by Gasteiger charge is -2.12. The van der Waals surface area contributed by atoms with Crippen LogP contribution in [0.4, 0.5) is 5.82 Å². The van der Waals surface area contributed by atoms with Crippen LogP contribution in [-0.2, 0) is 17.6 Å². The molecule has 4 rings (SSSR count). The Hall–Kier alpha value is -3.47. The number of aromatic nitrogens is 2. The van der Waals surface area contributed by atoms with Crippen molar-refractivity contribution in [3.63, 3.8) is 0 Å². The summed E-state index contributed by atoms with van der Waals surface area (Å²) in [6, 6.07) is 14.1. The van der Waals surface area contributed by atoms with Gasteiger partial charge in [0.25, 0.3) is 0 Å². The number of fused-ring (bicyclic) bond motifs is 3. The van der Waals surface area contributed by atoms with Gasteiger partial charge >= 0.3 is 5.97 Å². The molecule has 0 bridgehead atoms. The summed E-state index contributed by atoms with van der Waals surface area (Å²) in [5, 5.41) is 2.14. The highest BCUT2D eigenvalue weighted by Gasteiger charge is 2.13. The number of hydrogen-bond donors (Lipinski definition) is 1. The van der Waals surface area contributed by atoms with Gasteiger partial charge in [-0.25, -0.2) is 9.78 Å². The highest BCUT2D eigenvalue weighted by Crippen LogP contribution is 2.30. The van der Waals surface area contributed by atoms with E-state index in [-0.39, 0.29) is 5.97 Å². The molecule has 2 aromatic heterocycles. The molecule has 4 aromatic rings. The molecule has 0 fully saturated rings. The van der Waals surface area contributed by atoms with Crippen molar-refractivity contribution in [3.8, 4) is 0 Å². The molecule has 5 heteroatoms. The molecule has 0 unspecified atom stereocenters. The molecule has 0 aliphatic rings. The lowest BCUT2D eigenvalue weighted by atomic mass is 9.95. The zero-order chi connectivity index (χ0) is 21.3. The number of carbonyl (C=O) groups excluding carboxylic acids is 1. The molecule has 2 aromatic carbocycles. The molecule has 5 nitrogen and oxygen atoms in total. The molecular formula is C25H25N3O2. The van der Waals surface area contributed by atoms with Gasteiger partial charge in [0.05, 0.1) is 17.7 Å². The van der Waals surface area contributed by atoms with Crippen LogP contribution in [0.2, 0.25) is 0 Å². The second kappa shape index (κ2) is 8.11. The summed E-state index contributed by atoms with van der Waals surface area (Å²) >= 11 is 0. The molecule has 0 radical (unpaired) electrons. The molecule has 0 amide bonds. The topological polar surface area (TPSA) is 78.1 Å². The lowest BCUT2D eigenvalue weighted by Crippen LogP contribution is -2.06. The molecule has 0 saturated heterocycles. The van der Waals surface area contributed by atoms with Gasteiger partial charge in [0.2, 0.25) is 0 Å². The summed E-state index contributed by atoms with van der Waals surface area (Å²) < 4.78 is 5.10. The molecule has 2 heterocycles. The first kappa shape index (κ1) is 19.8. The van der Waals surface area contributed by atoms with Gasteiger partial charge in [-0.2, -0.15) is 0 Å². The van der Waals surface area contributed by atoms with E-state index in [0.717, 1.165) is 45.8 Å². The molecule has 30 heavy (non-hydrogen) atoms. The molecule has 0 saturated carbocycles. The number of benzene rings is 2. The van der Waals surface area contributed by atoms with Gasteiger partial charge in [0, 0.05) is 17.0 Å². The first-order valence-electron chi connectivity index (χ1n) is 10.2. The van der Waals surface area contributed by atoms with Gasteiger partial charge in [-0.15, -0.1) is 0 Å². The van der Waals surface area contributed by atoms with E-state index < -0.39 is 0 Å². The van der Waals surface area contributed by atoms with E-state index in [2.05, 4.69) is 34.2 Å². The first-order chi connectivity index (χ1) is 14.5. The van der Waals surface area contributed by atoms with E-state index >= 15 is 0 Å². The molecule has 0 spiro atoms. The maximum Gasteiger partial charge on any atom is 0.338 e. The third-order valence-corrected chi connectivity index (χ3v) is 5.46. The molecule has 0 atom stereocenters. The van der Waals surface area contributed by atoms with Gasteiger partial charge < -0.3 is 10.5 Å². The molecule has 152 valence electrons. The van der Waals surface area contributed by atoms with Crippen molar-refractivity contribution in [2.75, 3.05) is 12.3 Å². The standard InChI is InChI=1S/C25H25N3O2/c1-4-30-25(29)19-9-7-17(16(3)14-19)6-8-18-11-12-27-23-22(18)20-10-5-15(2)13-21(20)28-24(23)26/h5,7,9-14H,4,6,8H2,1-3H3,(H2,26,28). The van der Waals surface area contributed by atoms with Crippen LogP contribution < -0.4 is 5.73 Å². The van der Waals surface area contributed by atoms with E-state index in [1.54, 1.807) is 6.20 Å². The summed E-state index contributed by atoms with van der Waals surface area (Å²) in [5.41, 5.74) is 13.1. The molecule has 0 aliphatic carbocycles. The average Bonchev–Trinajstić information content (AvgIpc) is 2.73. The first-order valence-corrected chi connectivity index (χ1v) is 10.2. The maximum atomic E-state index is 12.0. The number of anilines is 1. The van der Waals surface area contributed by atoms with Crippen molar-refractivity contribution in [1.82, 2.24) is 9.97 Å². The fourth-order valence-corrected chi connectivity index (χ4v) is 3.92. The third-order valence-electron chi connectivity index (χ3n) is 5.46. The van der Waals surface area contributed by atoms with Crippen LogP contribution in [0.1, 0.15) is 39.5 Å².